The van der Waals surface area contributed by atoms with Gasteiger partial charge in [-0.3, -0.25) is 4.79 Å². The molecular weight excluding hydrogens is 347 g/mol. The summed E-state index contributed by atoms with van der Waals surface area (Å²) in [5, 5.41) is 5.13. The van der Waals surface area contributed by atoms with Crippen molar-refractivity contribution in [3.05, 3.63) is 46.5 Å². The zero-order chi connectivity index (χ0) is 17.7. The van der Waals surface area contributed by atoms with Gasteiger partial charge >= 0.3 is 0 Å². The van der Waals surface area contributed by atoms with Gasteiger partial charge in [0.1, 0.15) is 12.7 Å². The monoisotopic (exact) mass is 368 g/mol. The van der Waals surface area contributed by atoms with E-state index in [1.54, 1.807) is 22.9 Å². The Labute approximate surface area is 152 Å². The van der Waals surface area contributed by atoms with Gasteiger partial charge in [0.2, 0.25) is 0 Å². The van der Waals surface area contributed by atoms with Gasteiger partial charge in [0, 0.05) is 28.2 Å². The van der Waals surface area contributed by atoms with Gasteiger partial charge in [0.15, 0.2) is 6.04 Å². The predicted octanol–water partition coefficient (Wildman–Crippen LogP) is 4.21. The fourth-order valence-electron chi connectivity index (χ4n) is 2.57. The zero-order valence-corrected chi connectivity index (χ0v) is 15.6. The number of rotatable bonds is 7. The second-order valence-electron chi connectivity index (χ2n) is 5.92. The minimum Gasteiger partial charge on any atom is -0.338 e. The van der Waals surface area contributed by atoms with E-state index in [0.717, 1.165) is 12.8 Å². The molecule has 0 spiro atoms. The van der Waals surface area contributed by atoms with Crippen LogP contribution in [0.25, 0.3) is 0 Å². The van der Waals surface area contributed by atoms with Crippen LogP contribution in [0, 0.1) is 0 Å². The lowest BCUT2D eigenvalue weighted by atomic mass is 10.0. The molecule has 0 fully saturated rings. The fraction of sp³-hybridized carbons (Fsp3) is 0.471. The second kappa shape index (κ2) is 8.49. The Morgan fingerprint density at radius 1 is 1.33 bits per heavy atom. The van der Waals surface area contributed by atoms with Crippen molar-refractivity contribution in [2.45, 2.75) is 45.7 Å². The lowest BCUT2D eigenvalue weighted by Crippen LogP contribution is -2.42. The number of aromatic nitrogens is 3. The highest BCUT2D eigenvalue weighted by atomic mass is 35.5. The number of amides is 1. The van der Waals surface area contributed by atoms with E-state index in [-0.39, 0.29) is 11.9 Å². The summed E-state index contributed by atoms with van der Waals surface area (Å²) in [5.41, 5.74) is 0.665. The summed E-state index contributed by atoms with van der Waals surface area (Å²) in [4.78, 5) is 19.1. The van der Waals surface area contributed by atoms with Gasteiger partial charge in [0.25, 0.3) is 5.91 Å². The Kier molecular flexibility index (Phi) is 6.63. The molecule has 130 valence electrons. The van der Waals surface area contributed by atoms with Crippen LogP contribution >= 0.6 is 23.2 Å². The molecule has 0 saturated carbocycles. The molecule has 1 aromatic carbocycles. The van der Waals surface area contributed by atoms with E-state index in [0.29, 0.717) is 22.2 Å². The third kappa shape index (κ3) is 4.28. The number of unbranched alkanes of at least 4 members (excludes halogenated alkanes) is 1. The number of hydrogen-bond acceptors (Lipinski definition) is 3. The van der Waals surface area contributed by atoms with Crippen molar-refractivity contribution in [3.63, 3.8) is 0 Å². The molecule has 7 heteroatoms. The Balaban J connectivity index is 2.44. The lowest BCUT2D eigenvalue weighted by molar-refractivity contribution is -0.135. The van der Waals surface area contributed by atoms with E-state index in [1.807, 2.05) is 18.7 Å². The number of carbonyl (C=O) groups is 1. The third-order valence-corrected chi connectivity index (χ3v) is 4.41. The molecule has 0 aliphatic heterocycles. The molecule has 0 aliphatic rings. The molecule has 5 nitrogen and oxygen atoms in total. The van der Waals surface area contributed by atoms with Crippen LogP contribution in [-0.4, -0.2) is 38.2 Å². The third-order valence-electron chi connectivity index (χ3n) is 3.85. The van der Waals surface area contributed by atoms with Crippen molar-refractivity contribution in [1.29, 1.82) is 0 Å². The van der Waals surface area contributed by atoms with Crippen LogP contribution in [0.2, 0.25) is 10.0 Å². The minimum atomic E-state index is -0.656. The van der Waals surface area contributed by atoms with E-state index < -0.39 is 6.04 Å². The summed E-state index contributed by atoms with van der Waals surface area (Å²) in [6.45, 7) is 6.82. The molecule has 2 aromatic rings. The first kappa shape index (κ1) is 18.7. The molecule has 1 unspecified atom stereocenters. The molecule has 1 aromatic heterocycles. The van der Waals surface area contributed by atoms with Gasteiger partial charge in [-0.2, -0.15) is 5.10 Å². The van der Waals surface area contributed by atoms with Crippen LogP contribution < -0.4 is 0 Å². The SMILES string of the molecule is CCCCN(C(=O)C(c1ccc(Cl)cc1Cl)n1cncn1)C(C)C. The van der Waals surface area contributed by atoms with E-state index in [2.05, 4.69) is 17.0 Å². The van der Waals surface area contributed by atoms with Crippen molar-refractivity contribution in [3.8, 4) is 0 Å². The average molecular weight is 369 g/mol. The zero-order valence-electron chi connectivity index (χ0n) is 14.1. The Morgan fingerprint density at radius 3 is 2.62 bits per heavy atom. The Bertz CT molecular complexity index is 673. The van der Waals surface area contributed by atoms with Gasteiger partial charge in [-0.05, 0) is 32.4 Å². The van der Waals surface area contributed by atoms with E-state index in [9.17, 15) is 4.79 Å². The maximum atomic E-state index is 13.3. The van der Waals surface area contributed by atoms with Crippen LogP contribution in [0.15, 0.2) is 30.9 Å². The first-order valence-electron chi connectivity index (χ1n) is 8.05. The van der Waals surface area contributed by atoms with Crippen molar-refractivity contribution in [2.24, 2.45) is 0 Å². The molecule has 1 atom stereocenters. The topological polar surface area (TPSA) is 51.0 Å². The van der Waals surface area contributed by atoms with Gasteiger partial charge < -0.3 is 4.90 Å². The maximum Gasteiger partial charge on any atom is 0.252 e. The summed E-state index contributed by atoms with van der Waals surface area (Å²) >= 11 is 12.4. The summed E-state index contributed by atoms with van der Waals surface area (Å²) < 4.78 is 1.54. The first-order chi connectivity index (χ1) is 11.5. The summed E-state index contributed by atoms with van der Waals surface area (Å²) in [6.07, 6.45) is 4.91. The van der Waals surface area contributed by atoms with Gasteiger partial charge in [-0.15, -0.1) is 0 Å². The minimum absolute atomic E-state index is 0.0480. The van der Waals surface area contributed by atoms with Crippen LogP contribution in [0.5, 0.6) is 0 Å². The summed E-state index contributed by atoms with van der Waals surface area (Å²) in [6, 6.07) is 4.57. The van der Waals surface area contributed by atoms with Gasteiger partial charge in [-0.25, -0.2) is 9.67 Å². The molecule has 0 aliphatic carbocycles. The smallest absolute Gasteiger partial charge is 0.252 e. The highest BCUT2D eigenvalue weighted by Crippen LogP contribution is 2.30. The predicted molar refractivity (Wildman–Crippen MR) is 96.4 cm³/mol. The molecule has 0 bridgehead atoms. The molecule has 0 saturated heterocycles. The van der Waals surface area contributed by atoms with E-state index >= 15 is 0 Å². The van der Waals surface area contributed by atoms with Crippen LogP contribution in [0.1, 0.15) is 45.2 Å². The number of carbonyl (C=O) groups excluding carboxylic acids is 1. The second-order valence-corrected chi connectivity index (χ2v) is 6.77. The molecular formula is C17H22Cl2N4O. The van der Waals surface area contributed by atoms with Crippen molar-refractivity contribution < 1.29 is 4.79 Å². The molecule has 1 heterocycles. The van der Waals surface area contributed by atoms with Crippen molar-refractivity contribution in [1.82, 2.24) is 19.7 Å². The van der Waals surface area contributed by atoms with Crippen LogP contribution in [0.4, 0.5) is 0 Å². The first-order valence-corrected chi connectivity index (χ1v) is 8.80. The number of halogens is 2. The normalized spacial score (nSPS) is 12.4. The molecule has 24 heavy (non-hydrogen) atoms. The number of hydrogen-bond donors (Lipinski definition) is 0. The van der Waals surface area contributed by atoms with Gasteiger partial charge in [-0.1, -0.05) is 42.6 Å². The number of benzene rings is 1. The van der Waals surface area contributed by atoms with Crippen LogP contribution in [-0.2, 0) is 4.79 Å². The quantitative estimate of drug-likeness (QED) is 0.735. The lowest BCUT2D eigenvalue weighted by Gasteiger charge is -2.31. The van der Waals surface area contributed by atoms with E-state index in [4.69, 9.17) is 23.2 Å². The standard InChI is InChI=1S/C17H22Cl2N4O/c1-4-5-8-22(12(2)3)17(24)16(23-11-20-10-21-23)14-7-6-13(18)9-15(14)19/h6-7,9-12,16H,4-5,8H2,1-3H3. The fourth-order valence-corrected chi connectivity index (χ4v) is 3.08. The highest BCUT2D eigenvalue weighted by Gasteiger charge is 2.31. The molecule has 0 radical (unpaired) electrons. The maximum absolute atomic E-state index is 13.3. The van der Waals surface area contributed by atoms with E-state index in [1.165, 1.54) is 12.7 Å². The summed E-state index contributed by atoms with van der Waals surface area (Å²) in [7, 11) is 0. The van der Waals surface area contributed by atoms with Gasteiger partial charge in [0.05, 0.1) is 0 Å². The average Bonchev–Trinajstić information content (AvgIpc) is 3.04. The summed E-state index contributed by atoms with van der Waals surface area (Å²) in [5.74, 6) is -0.0480. The number of nitrogens with zero attached hydrogens (tertiary/aromatic N) is 4. The van der Waals surface area contributed by atoms with Crippen LogP contribution in [0.3, 0.4) is 0 Å². The van der Waals surface area contributed by atoms with Crippen molar-refractivity contribution >= 4 is 29.1 Å². The van der Waals surface area contributed by atoms with Crippen molar-refractivity contribution in [2.75, 3.05) is 6.54 Å². The Hall–Kier alpha value is -1.59. The molecule has 2 rings (SSSR count). The molecule has 1 amide bonds. The highest BCUT2D eigenvalue weighted by molar-refractivity contribution is 6.35. The molecule has 0 N–H and O–H groups in total. The Morgan fingerprint density at radius 2 is 2.08 bits per heavy atom. The largest absolute Gasteiger partial charge is 0.338 e.